The van der Waals surface area contributed by atoms with Gasteiger partial charge in [0.05, 0.1) is 0 Å². The molecule has 0 aliphatic heterocycles. The largest absolute Gasteiger partial charge is 0.398 e. The fourth-order valence-electron chi connectivity index (χ4n) is 1.33. The molecule has 1 heterocycles. The number of benzene rings is 1. The van der Waals surface area contributed by atoms with Gasteiger partial charge in [-0.2, -0.15) is 0 Å². The van der Waals surface area contributed by atoms with Gasteiger partial charge >= 0.3 is 0 Å². The molecule has 1 aromatic carbocycles. The first kappa shape index (κ1) is 12.3. The summed E-state index contributed by atoms with van der Waals surface area (Å²) in [5.41, 5.74) is 13.4. The SMILES string of the molecule is Nc1ccc(CSc2ccc(Br)cc2N)cn1. The van der Waals surface area contributed by atoms with Gasteiger partial charge in [0.15, 0.2) is 0 Å². The lowest BCUT2D eigenvalue weighted by atomic mass is 10.3. The number of hydrogen-bond donors (Lipinski definition) is 2. The number of hydrogen-bond acceptors (Lipinski definition) is 4. The number of nitrogens with two attached hydrogens (primary N) is 2. The van der Waals surface area contributed by atoms with Crippen LogP contribution in [0.15, 0.2) is 45.9 Å². The van der Waals surface area contributed by atoms with E-state index in [1.54, 1.807) is 24.0 Å². The molecule has 4 N–H and O–H groups in total. The molecule has 0 saturated carbocycles. The smallest absolute Gasteiger partial charge is 0.123 e. The highest BCUT2D eigenvalue weighted by Crippen LogP contribution is 2.30. The molecule has 1 aromatic heterocycles. The van der Waals surface area contributed by atoms with Crippen LogP contribution in [0.2, 0.25) is 0 Å². The second-order valence-electron chi connectivity index (χ2n) is 3.56. The topological polar surface area (TPSA) is 64.9 Å². The Labute approximate surface area is 113 Å². The first-order valence-electron chi connectivity index (χ1n) is 5.03. The first-order valence-corrected chi connectivity index (χ1v) is 6.81. The molecule has 88 valence electrons. The van der Waals surface area contributed by atoms with Crippen LogP contribution in [0.25, 0.3) is 0 Å². The average Bonchev–Trinajstić information content (AvgIpc) is 2.30. The normalized spacial score (nSPS) is 10.4. The molecule has 2 rings (SSSR count). The van der Waals surface area contributed by atoms with Gasteiger partial charge in [-0.3, -0.25) is 0 Å². The molecule has 17 heavy (non-hydrogen) atoms. The number of anilines is 2. The van der Waals surface area contributed by atoms with Crippen LogP contribution in [0.3, 0.4) is 0 Å². The Morgan fingerprint density at radius 3 is 2.65 bits per heavy atom. The van der Waals surface area contributed by atoms with E-state index in [9.17, 15) is 0 Å². The van der Waals surface area contributed by atoms with E-state index < -0.39 is 0 Å². The maximum absolute atomic E-state index is 5.92. The second kappa shape index (κ2) is 5.42. The Bertz CT molecular complexity index is 514. The summed E-state index contributed by atoms with van der Waals surface area (Å²) in [7, 11) is 0. The Balaban J connectivity index is 2.04. The van der Waals surface area contributed by atoms with Crippen molar-refractivity contribution in [3.63, 3.8) is 0 Å². The van der Waals surface area contributed by atoms with Crippen molar-refractivity contribution in [1.29, 1.82) is 0 Å². The van der Waals surface area contributed by atoms with Crippen LogP contribution >= 0.6 is 27.7 Å². The molecular formula is C12H12BrN3S. The lowest BCUT2D eigenvalue weighted by molar-refractivity contribution is 1.26. The number of halogens is 1. The Morgan fingerprint density at radius 2 is 2.00 bits per heavy atom. The second-order valence-corrected chi connectivity index (χ2v) is 5.49. The fourth-order valence-corrected chi connectivity index (χ4v) is 2.59. The van der Waals surface area contributed by atoms with Crippen LogP contribution in [0.1, 0.15) is 5.56 Å². The minimum atomic E-state index is 0.543. The van der Waals surface area contributed by atoms with Gasteiger partial charge in [0.25, 0.3) is 0 Å². The van der Waals surface area contributed by atoms with E-state index in [0.29, 0.717) is 5.82 Å². The molecule has 0 bridgehead atoms. The summed E-state index contributed by atoms with van der Waals surface area (Å²) >= 11 is 5.08. The van der Waals surface area contributed by atoms with Crippen molar-refractivity contribution in [3.8, 4) is 0 Å². The third-order valence-corrected chi connectivity index (χ3v) is 3.87. The molecule has 0 atom stereocenters. The fraction of sp³-hybridized carbons (Fsp3) is 0.0833. The first-order chi connectivity index (χ1) is 8.15. The van der Waals surface area contributed by atoms with Crippen molar-refractivity contribution in [1.82, 2.24) is 4.98 Å². The van der Waals surface area contributed by atoms with Crippen molar-refractivity contribution in [2.75, 3.05) is 11.5 Å². The summed E-state index contributed by atoms with van der Waals surface area (Å²) < 4.78 is 0.994. The van der Waals surface area contributed by atoms with Crippen molar-refractivity contribution in [2.45, 2.75) is 10.6 Å². The van der Waals surface area contributed by atoms with E-state index in [-0.39, 0.29) is 0 Å². The number of aromatic nitrogens is 1. The molecule has 0 amide bonds. The minimum Gasteiger partial charge on any atom is -0.398 e. The van der Waals surface area contributed by atoms with Gasteiger partial charge in [-0.15, -0.1) is 11.8 Å². The Morgan fingerprint density at radius 1 is 1.18 bits per heavy atom. The van der Waals surface area contributed by atoms with E-state index in [1.807, 2.05) is 24.3 Å². The minimum absolute atomic E-state index is 0.543. The highest BCUT2D eigenvalue weighted by atomic mass is 79.9. The van der Waals surface area contributed by atoms with E-state index in [1.165, 1.54) is 0 Å². The van der Waals surface area contributed by atoms with Gasteiger partial charge in [0, 0.05) is 27.0 Å². The van der Waals surface area contributed by atoms with Crippen molar-refractivity contribution in [2.24, 2.45) is 0 Å². The number of nitrogens with zero attached hydrogens (tertiary/aromatic N) is 1. The molecule has 2 aromatic rings. The molecule has 5 heteroatoms. The zero-order valence-corrected chi connectivity index (χ0v) is 11.5. The molecule has 0 aliphatic carbocycles. The monoisotopic (exact) mass is 309 g/mol. The van der Waals surface area contributed by atoms with Crippen LogP contribution in [-0.4, -0.2) is 4.98 Å². The maximum atomic E-state index is 5.92. The number of thioether (sulfide) groups is 1. The average molecular weight is 310 g/mol. The standard InChI is InChI=1S/C12H12BrN3S/c13-9-2-3-11(10(14)5-9)17-7-8-1-4-12(15)16-6-8/h1-6H,7,14H2,(H2,15,16). The van der Waals surface area contributed by atoms with E-state index >= 15 is 0 Å². The summed E-state index contributed by atoms with van der Waals surface area (Å²) in [6.45, 7) is 0. The predicted molar refractivity (Wildman–Crippen MR) is 76.8 cm³/mol. The van der Waals surface area contributed by atoms with Crippen molar-refractivity contribution >= 4 is 39.2 Å². The summed E-state index contributed by atoms with van der Waals surface area (Å²) in [4.78, 5) is 5.13. The van der Waals surface area contributed by atoms with E-state index in [0.717, 1.165) is 26.4 Å². The molecule has 0 aliphatic rings. The zero-order valence-electron chi connectivity index (χ0n) is 9.06. The summed E-state index contributed by atoms with van der Waals surface area (Å²) in [5.74, 6) is 1.38. The molecule has 0 spiro atoms. The molecule has 0 fully saturated rings. The molecule has 0 saturated heterocycles. The van der Waals surface area contributed by atoms with Crippen LogP contribution in [-0.2, 0) is 5.75 Å². The molecule has 0 unspecified atom stereocenters. The van der Waals surface area contributed by atoms with Gasteiger partial charge in [-0.25, -0.2) is 4.98 Å². The maximum Gasteiger partial charge on any atom is 0.123 e. The van der Waals surface area contributed by atoms with Gasteiger partial charge < -0.3 is 11.5 Å². The zero-order chi connectivity index (χ0) is 12.3. The van der Waals surface area contributed by atoms with E-state index in [2.05, 4.69) is 20.9 Å². The highest BCUT2D eigenvalue weighted by Gasteiger charge is 2.01. The quantitative estimate of drug-likeness (QED) is 0.674. The summed E-state index contributed by atoms with van der Waals surface area (Å²) in [6, 6.07) is 9.68. The molecular weight excluding hydrogens is 298 g/mol. The van der Waals surface area contributed by atoms with Crippen LogP contribution in [0.5, 0.6) is 0 Å². The lowest BCUT2D eigenvalue weighted by Gasteiger charge is -2.06. The third kappa shape index (κ3) is 3.38. The van der Waals surface area contributed by atoms with Crippen LogP contribution in [0.4, 0.5) is 11.5 Å². The van der Waals surface area contributed by atoms with Gasteiger partial charge in [-0.1, -0.05) is 22.0 Å². The highest BCUT2D eigenvalue weighted by molar-refractivity contribution is 9.10. The molecule has 0 radical (unpaired) electrons. The van der Waals surface area contributed by atoms with Gasteiger partial charge in [0.2, 0.25) is 0 Å². The van der Waals surface area contributed by atoms with Crippen molar-refractivity contribution in [3.05, 3.63) is 46.6 Å². The molecule has 3 nitrogen and oxygen atoms in total. The summed E-state index contributed by atoms with van der Waals surface area (Å²) in [5, 5.41) is 0. The predicted octanol–water partition coefficient (Wildman–Crippen LogP) is 3.30. The number of pyridine rings is 1. The Hall–Kier alpha value is -1.20. The Kier molecular flexibility index (Phi) is 3.91. The number of rotatable bonds is 3. The van der Waals surface area contributed by atoms with Crippen molar-refractivity contribution < 1.29 is 0 Å². The van der Waals surface area contributed by atoms with Gasteiger partial charge in [-0.05, 0) is 29.8 Å². The van der Waals surface area contributed by atoms with Gasteiger partial charge in [0.1, 0.15) is 5.82 Å². The third-order valence-electron chi connectivity index (χ3n) is 2.21. The number of nitrogen functional groups attached to an aromatic ring is 2. The summed E-state index contributed by atoms with van der Waals surface area (Å²) in [6.07, 6.45) is 1.79. The lowest BCUT2D eigenvalue weighted by Crippen LogP contribution is -1.91. The van der Waals surface area contributed by atoms with Crippen LogP contribution in [0, 0.1) is 0 Å². The van der Waals surface area contributed by atoms with Crippen LogP contribution < -0.4 is 11.5 Å². The van der Waals surface area contributed by atoms with E-state index in [4.69, 9.17) is 11.5 Å².